The molecule has 4 heteroatoms. The molecular formula is C17H16ClFO2. The summed E-state index contributed by atoms with van der Waals surface area (Å²) in [5, 5.41) is 0.0639. The van der Waals surface area contributed by atoms with E-state index >= 15 is 0 Å². The smallest absolute Gasteiger partial charge is 0.142 e. The Balaban J connectivity index is 1.81. The second-order valence-electron chi connectivity index (χ2n) is 4.88. The van der Waals surface area contributed by atoms with Gasteiger partial charge in [0.15, 0.2) is 0 Å². The van der Waals surface area contributed by atoms with Crippen molar-refractivity contribution in [2.24, 2.45) is 0 Å². The molecule has 0 unspecified atom stereocenters. The van der Waals surface area contributed by atoms with Crippen molar-refractivity contribution in [1.29, 1.82) is 0 Å². The van der Waals surface area contributed by atoms with E-state index in [1.54, 1.807) is 6.07 Å². The molecule has 0 fully saturated rings. The van der Waals surface area contributed by atoms with E-state index in [4.69, 9.17) is 16.3 Å². The third-order valence-corrected chi connectivity index (χ3v) is 3.33. The third-order valence-electron chi connectivity index (χ3n) is 3.02. The summed E-state index contributed by atoms with van der Waals surface area (Å²) < 4.78 is 18.8. The monoisotopic (exact) mass is 306 g/mol. The van der Waals surface area contributed by atoms with Crippen LogP contribution in [0.2, 0.25) is 5.02 Å². The number of Topliss-reactive ketones (excluding diaryl/α,β-unsaturated/α-hetero) is 1. The fraction of sp³-hybridized carbons (Fsp3) is 0.235. The first-order valence-electron chi connectivity index (χ1n) is 6.69. The zero-order chi connectivity index (χ0) is 15.2. The molecule has 0 aliphatic carbocycles. The van der Waals surface area contributed by atoms with Crippen molar-refractivity contribution < 1.29 is 13.9 Å². The normalized spacial score (nSPS) is 10.4. The number of halogens is 2. The molecule has 0 aliphatic rings. The number of ether oxygens (including phenoxy) is 1. The fourth-order valence-electron chi connectivity index (χ4n) is 1.95. The lowest BCUT2D eigenvalue weighted by atomic mass is 10.1. The molecule has 2 rings (SSSR count). The molecular weight excluding hydrogens is 291 g/mol. The summed E-state index contributed by atoms with van der Waals surface area (Å²) in [5.41, 5.74) is 1.73. The topological polar surface area (TPSA) is 26.3 Å². The van der Waals surface area contributed by atoms with Crippen molar-refractivity contribution in [3.8, 4) is 5.75 Å². The molecule has 0 heterocycles. The van der Waals surface area contributed by atoms with Crippen LogP contribution in [0, 0.1) is 12.7 Å². The maximum Gasteiger partial charge on any atom is 0.142 e. The van der Waals surface area contributed by atoms with Crippen molar-refractivity contribution in [3.63, 3.8) is 0 Å². The molecule has 0 N–H and O–H groups in total. The zero-order valence-electron chi connectivity index (χ0n) is 11.7. The van der Waals surface area contributed by atoms with E-state index in [-0.39, 0.29) is 23.6 Å². The standard InChI is InChI=1S/C17H16ClFO2/c1-12-3-2-4-15(9-12)21-8-7-14(20)10-13-5-6-16(18)17(19)11-13/h2-6,9,11H,7-8,10H2,1H3. The van der Waals surface area contributed by atoms with Crippen LogP contribution in [-0.2, 0) is 11.2 Å². The van der Waals surface area contributed by atoms with Gasteiger partial charge >= 0.3 is 0 Å². The van der Waals surface area contributed by atoms with Crippen LogP contribution in [0.25, 0.3) is 0 Å². The Kier molecular flexibility index (Phi) is 5.34. The second-order valence-corrected chi connectivity index (χ2v) is 5.29. The van der Waals surface area contributed by atoms with Crippen LogP contribution in [-0.4, -0.2) is 12.4 Å². The quantitative estimate of drug-likeness (QED) is 0.792. The van der Waals surface area contributed by atoms with E-state index in [1.165, 1.54) is 12.1 Å². The summed E-state index contributed by atoms with van der Waals surface area (Å²) >= 11 is 5.60. The predicted molar refractivity (Wildman–Crippen MR) is 81.4 cm³/mol. The number of carbonyl (C=O) groups excluding carboxylic acids is 1. The van der Waals surface area contributed by atoms with Gasteiger partial charge < -0.3 is 4.74 Å². The largest absolute Gasteiger partial charge is 0.493 e. The maximum absolute atomic E-state index is 13.3. The number of benzene rings is 2. The first-order chi connectivity index (χ1) is 10.0. The van der Waals surface area contributed by atoms with Crippen LogP contribution in [0.3, 0.4) is 0 Å². The Hall–Kier alpha value is -1.87. The van der Waals surface area contributed by atoms with Gasteiger partial charge in [-0.2, -0.15) is 0 Å². The second kappa shape index (κ2) is 7.23. The Bertz CT molecular complexity index is 640. The highest BCUT2D eigenvalue weighted by atomic mass is 35.5. The Morgan fingerprint density at radius 3 is 2.76 bits per heavy atom. The Labute approximate surface area is 128 Å². The van der Waals surface area contributed by atoms with Crippen LogP contribution >= 0.6 is 11.6 Å². The summed E-state index contributed by atoms with van der Waals surface area (Å²) in [5.74, 6) is 0.252. The van der Waals surface area contributed by atoms with Gasteiger partial charge in [0, 0.05) is 12.8 Å². The van der Waals surface area contributed by atoms with Crippen molar-refractivity contribution in [1.82, 2.24) is 0 Å². The molecule has 0 aromatic heterocycles. The minimum absolute atomic E-state index is 0.00405. The number of hydrogen-bond acceptors (Lipinski definition) is 2. The lowest BCUT2D eigenvalue weighted by Crippen LogP contribution is -2.09. The van der Waals surface area contributed by atoms with Gasteiger partial charge in [-0.15, -0.1) is 0 Å². The van der Waals surface area contributed by atoms with Crippen LogP contribution in [0.1, 0.15) is 17.5 Å². The summed E-state index contributed by atoms with van der Waals surface area (Å²) in [6.45, 7) is 2.30. The van der Waals surface area contributed by atoms with Gasteiger partial charge in [-0.1, -0.05) is 29.8 Å². The molecule has 0 aliphatic heterocycles. The van der Waals surface area contributed by atoms with Gasteiger partial charge in [0.1, 0.15) is 17.3 Å². The molecule has 0 saturated carbocycles. The highest BCUT2D eigenvalue weighted by Gasteiger charge is 2.07. The summed E-state index contributed by atoms with van der Waals surface area (Å²) in [6.07, 6.45) is 0.476. The van der Waals surface area contributed by atoms with E-state index < -0.39 is 5.82 Å². The van der Waals surface area contributed by atoms with Gasteiger partial charge in [-0.3, -0.25) is 4.79 Å². The molecule has 2 nitrogen and oxygen atoms in total. The van der Waals surface area contributed by atoms with Crippen molar-refractivity contribution in [2.75, 3.05) is 6.61 Å². The van der Waals surface area contributed by atoms with Crippen molar-refractivity contribution in [2.45, 2.75) is 19.8 Å². The Morgan fingerprint density at radius 2 is 2.05 bits per heavy atom. The molecule has 0 radical (unpaired) electrons. The van der Waals surface area contributed by atoms with Crippen LogP contribution in [0.5, 0.6) is 5.75 Å². The molecule has 0 saturated heterocycles. The van der Waals surface area contributed by atoms with Gasteiger partial charge in [0.25, 0.3) is 0 Å². The molecule has 0 amide bonds. The summed E-state index contributed by atoms with van der Waals surface area (Å²) in [7, 11) is 0. The van der Waals surface area contributed by atoms with Gasteiger partial charge in [-0.25, -0.2) is 4.39 Å². The first kappa shape index (κ1) is 15.5. The van der Waals surface area contributed by atoms with E-state index in [0.717, 1.165) is 11.3 Å². The fourth-order valence-corrected chi connectivity index (χ4v) is 2.07. The van der Waals surface area contributed by atoms with Crippen LogP contribution in [0.15, 0.2) is 42.5 Å². The lowest BCUT2D eigenvalue weighted by Gasteiger charge is -2.06. The average molecular weight is 307 g/mol. The van der Waals surface area contributed by atoms with E-state index in [0.29, 0.717) is 12.2 Å². The predicted octanol–water partition coefficient (Wildman–Crippen LogP) is 4.37. The molecule has 2 aromatic carbocycles. The Morgan fingerprint density at radius 1 is 1.24 bits per heavy atom. The summed E-state index contributed by atoms with van der Waals surface area (Å²) in [6, 6.07) is 12.1. The van der Waals surface area contributed by atoms with Crippen LogP contribution in [0.4, 0.5) is 4.39 Å². The lowest BCUT2D eigenvalue weighted by molar-refractivity contribution is -0.118. The number of ketones is 1. The third kappa shape index (κ3) is 4.87. The number of rotatable bonds is 6. The minimum Gasteiger partial charge on any atom is -0.493 e. The van der Waals surface area contributed by atoms with Crippen molar-refractivity contribution >= 4 is 17.4 Å². The van der Waals surface area contributed by atoms with E-state index in [1.807, 2.05) is 31.2 Å². The molecule has 0 atom stereocenters. The summed E-state index contributed by atoms with van der Waals surface area (Å²) in [4.78, 5) is 11.8. The van der Waals surface area contributed by atoms with E-state index in [9.17, 15) is 9.18 Å². The van der Waals surface area contributed by atoms with Crippen molar-refractivity contribution in [3.05, 3.63) is 64.4 Å². The number of hydrogen-bond donors (Lipinski definition) is 0. The highest BCUT2D eigenvalue weighted by molar-refractivity contribution is 6.30. The van der Waals surface area contributed by atoms with Gasteiger partial charge in [0.2, 0.25) is 0 Å². The van der Waals surface area contributed by atoms with E-state index in [2.05, 4.69) is 0 Å². The van der Waals surface area contributed by atoms with Crippen LogP contribution < -0.4 is 4.74 Å². The molecule has 0 bridgehead atoms. The maximum atomic E-state index is 13.3. The minimum atomic E-state index is -0.502. The molecule has 21 heavy (non-hydrogen) atoms. The molecule has 2 aromatic rings. The molecule has 0 spiro atoms. The SMILES string of the molecule is Cc1cccc(OCCC(=O)Cc2ccc(Cl)c(F)c2)c1. The number of carbonyl (C=O) groups is 1. The molecule has 110 valence electrons. The zero-order valence-corrected chi connectivity index (χ0v) is 12.5. The van der Waals surface area contributed by atoms with Gasteiger partial charge in [0.05, 0.1) is 11.6 Å². The highest BCUT2D eigenvalue weighted by Crippen LogP contribution is 2.16. The van der Waals surface area contributed by atoms with Gasteiger partial charge in [-0.05, 0) is 42.3 Å². The average Bonchev–Trinajstić information content (AvgIpc) is 2.43. The number of aryl methyl sites for hydroxylation is 1. The first-order valence-corrected chi connectivity index (χ1v) is 7.07.